The van der Waals surface area contributed by atoms with Crippen LogP contribution in [-0.2, 0) is 15.9 Å². The molecule has 0 saturated carbocycles. The number of aryl methyl sites for hydroxylation is 1. The number of likely N-dealkylation sites (tertiary alicyclic amines) is 1. The van der Waals surface area contributed by atoms with E-state index in [0.29, 0.717) is 13.2 Å². The van der Waals surface area contributed by atoms with Crippen molar-refractivity contribution in [1.82, 2.24) is 19.5 Å². The van der Waals surface area contributed by atoms with Crippen molar-refractivity contribution in [3.05, 3.63) is 45.0 Å². The van der Waals surface area contributed by atoms with E-state index < -0.39 is 5.79 Å². The van der Waals surface area contributed by atoms with E-state index in [0.717, 1.165) is 58.1 Å². The van der Waals surface area contributed by atoms with E-state index >= 15 is 0 Å². The first-order chi connectivity index (χ1) is 14.1. The van der Waals surface area contributed by atoms with Crippen LogP contribution in [0.5, 0.6) is 5.88 Å². The lowest BCUT2D eigenvalue weighted by atomic mass is 9.97. The third-order valence-corrected chi connectivity index (χ3v) is 7.33. The number of aromatic hydroxyl groups is 1. The average molecular weight is 479 g/mol. The molecule has 2 saturated heterocycles. The van der Waals surface area contributed by atoms with Gasteiger partial charge in [0.2, 0.25) is 10.8 Å². The van der Waals surface area contributed by atoms with Gasteiger partial charge < -0.3 is 14.6 Å². The lowest BCUT2D eigenvalue weighted by molar-refractivity contribution is -0.187. The second-order valence-corrected chi connectivity index (χ2v) is 9.39. The number of halogens is 1. The van der Waals surface area contributed by atoms with Crippen LogP contribution in [0.15, 0.2) is 28.7 Å². The van der Waals surface area contributed by atoms with Gasteiger partial charge in [0, 0.05) is 36.8 Å². The third-order valence-electron chi connectivity index (χ3n) is 5.73. The normalized spacial score (nSPS) is 20.6. The fraction of sp³-hybridized carbons (Fsp3) is 0.500. The molecule has 0 radical (unpaired) electrons. The number of ether oxygens (including phenoxy) is 2. The minimum atomic E-state index is -0.426. The van der Waals surface area contributed by atoms with Crippen LogP contribution in [0.4, 0.5) is 0 Å². The van der Waals surface area contributed by atoms with Gasteiger partial charge in [0.05, 0.1) is 24.1 Å². The highest BCUT2D eigenvalue weighted by Gasteiger charge is 2.42. The molecule has 7 nitrogen and oxygen atoms in total. The molecule has 2 aromatic heterocycles. The summed E-state index contributed by atoms with van der Waals surface area (Å²) < 4.78 is 14.4. The Morgan fingerprint density at radius 2 is 1.90 bits per heavy atom. The summed E-state index contributed by atoms with van der Waals surface area (Å²) in [5, 5.41) is 15.5. The summed E-state index contributed by atoms with van der Waals surface area (Å²) in [7, 11) is 0. The third kappa shape index (κ3) is 3.48. The molecule has 1 N–H and O–H groups in total. The zero-order chi connectivity index (χ0) is 20.0. The molecule has 154 valence electrons. The van der Waals surface area contributed by atoms with Gasteiger partial charge in [0.15, 0.2) is 11.6 Å². The summed E-state index contributed by atoms with van der Waals surface area (Å²) in [6, 6.07) is 8.23. The molecular weight excluding hydrogens is 456 g/mol. The molecule has 2 fully saturated rings. The zero-order valence-electron chi connectivity index (χ0n) is 16.2. The lowest BCUT2D eigenvalue weighted by Crippen LogP contribution is -2.46. The van der Waals surface area contributed by atoms with Gasteiger partial charge in [-0.3, -0.25) is 4.90 Å². The highest BCUT2D eigenvalue weighted by Crippen LogP contribution is 2.43. The highest BCUT2D eigenvalue weighted by atomic mass is 79.9. The van der Waals surface area contributed by atoms with Gasteiger partial charge in [0.25, 0.3) is 0 Å². The maximum atomic E-state index is 11.0. The Bertz CT molecular complexity index is 1000. The molecule has 1 spiro atoms. The van der Waals surface area contributed by atoms with Crippen LogP contribution in [0.2, 0.25) is 0 Å². The summed E-state index contributed by atoms with van der Waals surface area (Å²) in [5.41, 5.74) is 1.13. The van der Waals surface area contributed by atoms with Gasteiger partial charge in [-0.05, 0) is 17.7 Å². The molecule has 29 heavy (non-hydrogen) atoms. The molecule has 3 aromatic rings. The van der Waals surface area contributed by atoms with Gasteiger partial charge in [-0.15, -0.1) is 5.10 Å². The SMILES string of the molecule is CCc1nc2sc([C@@H](c3ccc(Br)cc3)N3CCC4(CC3)OCCO4)c(O)n2n1. The van der Waals surface area contributed by atoms with Crippen molar-refractivity contribution in [1.29, 1.82) is 0 Å². The van der Waals surface area contributed by atoms with E-state index in [4.69, 9.17) is 9.47 Å². The zero-order valence-corrected chi connectivity index (χ0v) is 18.6. The molecule has 1 atom stereocenters. The minimum Gasteiger partial charge on any atom is -0.492 e. The summed E-state index contributed by atoms with van der Waals surface area (Å²) in [4.78, 5) is 8.54. The summed E-state index contributed by atoms with van der Waals surface area (Å²) in [6.45, 7) is 5.01. The number of hydrogen-bond donors (Lipinski definition) is 1. The first-order valence-corrected chi connectivity index (χ1v) is 11.5. The number of piperidine rings is 1. The Hall–Kier alpha value is -1.52. The van der Waals surface area contributed by atoms with Crippen molar-refractivity contribution in [3.8, 4) is 5.88 Å². The van der Waals surface area contributed by atoms with E-state index in [-0.39, 0.29) is 11.9 Å². The predicted octanol–water partition coefficient (Wildman–Crippen LogP) is 3.75. The van der Waals surface area contributed by atoms with Crippen molar-refractivity contribution in [2.45, 2.75) is 38.0 Å². The van der Waals surface area contributed by atoms with Gasteiger partial charge in [-0.2, -0.15) is 4.52 Å². The standard InChI is InChI=1S/C20H23BrN4O3S/c1-2-15-22-19-25(23-15)18(26)17(29-19)16(13-3-5-14(21)6-4-13)24-9-7-20(8-10-24)27-11-12-28-20/h3-6,16,26H,2,7-12H2,1H3/t16-/m1/s1. The fourth-order valence-corrected chi connectivity index (χ4v) is 5.60. The molecule has 0 bridgehead atoms. The quantitative estimate of drug-likeness (QED) is 0.615. The summed E-state index contributed by atoms with van der Waals surface area (Å²) >= 11 is 5.03. The molecule has 2 aliphatic rings. The first kappa shape index (κ1) is 19.4. The van der Waals surface area contributed by atoms with Gasteiger partial charge in [-0.25, -0.2) is 4.98 Å². The Morgan fingerprint density at radius 3 is 2.52 bits per heavy atom. The van der Waals surface area contributed by atoms with Crippen molar-refractivity contribution in [2.24, 2.45) is 0 Å². The fourth-order valence-electron chi connectivity index (χ4n) is 4.20. The lowest BCUT2D eigenvalue weighted by Gasteiger charge is -2.41. The van der Waals surface area contributed by atoms with E-state index in [1.807, 2.05) is 19.1 Å². The van der Waals surface area contributed by atoms with Crippen LogP contribution in [0.25, 0.3) is 4.96 Å². The second kappa shape index (κ2) is 7.63. The molecule has 9 heteroatoms. The van der Waals surface area contributed by atoms with Crippen molar-refractivity contribution >= 4 is 32.2 Å². The predicted molar refractivity (Wildman–Crippen MR) is 113 cm³/mol. The Balaban J connectivity index is 1.52. The second-order valence-electron chi connectivity index (χ2n) is 7.46. The Kier molecular flexibility index (Phi) is 5.11. The molecule has 4 heterocycles. The number of hydrogen-bond acceptors (Lipinski definition) is 7. The van der Waals surface area contributed by atoms with E-state index in [2.05, 4.69) is 43.0 Å². The van der Waals surface area contributed by atoms with Crippen LogP contribution in [0.1, 0.15) is 42.1 Å². The Morgan fingerprint density at radius 1 is 1.21 bits per heavy atom. The monoisotopic (exact) mass is 478 g/mol. The number of rotatable bonds is 4. The largest absolute Gasteiger partial charge is 0.492 e. The first-order valence-electron chi connectivity index (χ1n) is 9.93. The molecule has 2 aliphatic heterocycles. The minimum absolute atomic E-state index is 0.0690. The molecule has 0 aliphatic carbocycles. The number of fused-ring (bicyclic) bond motifs is 1. The number of aromatic nitrogens is 3. The van der Waals surface area contributed by atoms with E-state index in [1.165, 1.54) is 11.3 Å². The average Bonchev–Trinajstić information content (AvgIpc) is 3.43. The highest BCUT2D eigenvalue weighted by molar-refractivity contribution is 9.10. The van der Waals surface area contributed by atoms with E-state index in [1.54, 1.807) is 4.52 Å². The van der Waals surface area contributed by atoms with Crippen LogP contribution in [0, 0.1) is 0 Å². The number of thiazole rings is 1. The van der Waals surface area contributed by atoms with Crippen molar-refractivity contribution in [3.63, 3.8) is 0 Å². The van der Waals surface area contributed by atoms with E-state index in [9.17, 15) is 5.11 Å². The van der Waals surface area contributed by atoms with Crippen LogP contribution in [-0.4, -0.2) is 56.7 Å². The Labute approximate surface area is 181 Å². The van der Waals surface area contributed by atoms with Crippen molar-refractivity contribution < 1.29 is 14.6 Å². The summed E-state index contributed by atoms with van der Waals surface area (Å²) in [5.74, 6) is 0.497. The maximum absolute atomic E-state index is 11.0. The molecule has 0 amide bonds. The van der Waals surface area contributed by atoms with Crippen LogP contribution >= 0.6 is 27.3 Å². The van der Waals surface area contributed by atoms with Gasteiger partial charge in [0.1, 0.15) is 0 Å². The van der Waals surface area contributed by atoms with Crippen LogP contribution in [0.3, 0.4) is 0 Å². The smallest absolute Gasteiger partial charge is 0.230 e. The maximum Gasteiger partial charge on any atom is 0.230 e. The topological polar surface area (TPSA) is 72.1 Å². The molecule has 1 aromatic carbocycles. The number of benzene rings is 1. The van der Waals surface area contributed by atoms with Gasteiger partial charge in [-0.1, -0.05) is 46.3 Å². The molecular formula is C20H23BrN4O3S. The van der Waals surface area contributed by atoms with Crippen molar-refractivity contribution in [2.75, 3.05) is 26.3 Å². The summed E-state index contributed by atoms with van der Waals surface area (Å²) in [6.07, 6.45) is 2.39. The number of nitrogens with zero attached hydrogens (tertiary/aromatic N) is 4. The van der Waals surface area contributed by atoms with Crippen LogP contribution < -0.4 is 0 Å². The molecule has 0 unspecified atom stereocenters. The molecule has 5 rings (SSSR count). The van der Waals surface area contributed by atoms with Gasteiger partial charge >= 0.3 is 0 Å².